The third-order valence-corrected chi connectivity index (χ3v) is 5.62. The van der Waals surface area contributed by atoms with E-state index in [-0.39, 0.29) is 23.8 Å². The molecule has 0 radical (unpaired) electrons. The van der Waals surface area contributed by atoms with Crippen molar-refractivity contribution >= 4 is 16.9 Å². The summed E-state index contributed by atoms with van der Waals surface area (Å²) >= 11 is 0. The maximum atomic E-state index is 13.4. The van der Waals surface area contributed by atoms with Gasteiger partial charge in [0.05, 0.1) is 19.3 Å². The highest BCUT2D eigenvalue weighted by Gasteiger charge is 2.34. The van der Waals surface area contributed by atoms with Gasteiger partial charge < -0.3 is 23.5 Å². The Hall–Kier alpha value is -3.65. The van der Waals surface area contributed by atoms with Crippen LogP contribution in [0.3, 0.4) is 0 Å². The molecule has 0 aliphatic heterocycles. The first-order valence-electron chi connectivity index (χ1n) is 10.1. The van der Waals surface area contributed by atoms with Gasteiger partial charge in [-0.05, 0) is 49.2 Å². The lowest BCUT2D eigenvalue weighted by Gasteiger charge is -2.10. The molecule has 0 amide bonds. The molecular weight excluding hydrogens is 417 g/mol. The molecule has 2 aromatic carbocycles. The summed E-state index contributed by atoms with van der Waals surface area (Å²) in [4.78, 5) is 12.1. The first-order valence-corrected chi connectivity index (χ1v) is 10.1. The summed E-state index contributed by atoms with van der Waals surface area (Å²) in [5, 5.41) is 14.5. The monoisotopic (exact) mass is 437 g/mol. The Morgan fingerprint density at radius 1 is 1.22 bits per heavy atom. The summed E-state index contributed by atoms with van der Waals surface area (Å²) in [5.41, 5.74) is 2.92. The third-order valence-electron chi connectivity index (χ3n) is 5.62. The fourth-order valence-corrected chi connectivity index (χ4v) is 3.99. The summed E-state index contributed by atoms with van der Waals surface area (Å²) < 4.78 is 36.0. The second-order valence-electron chi connectivity index (χ2n) is 7.74. The van der Waals surface area contributed by atoms with Gasteiger partial charge in [-0.3, -0.25) is 0 Å². The van der Waals surface area contributed by atoms with Crippen LogP contribution in [-0.4, -0.2) is 30.5 Å². The zero-order valence-electron chi connectivity index (χ0n) is 17.5. The van der Waals surface area contributed by atoms with Gasteiger partial charge in [0.15, 0.2) is 0 Å². The zero-order chi connectivity index (χ0) is 22.4. The van der Waals surface area contributed by atoms with Gasteiger partial charge in [0.25, 0.3) is 0 Å². The van der Waals surface area contributed by atoms with Gasteiger partial charge in [0, 0.05) is 29.5 Å². The summed E-state index contributed by atoms with van der Waals surface area (Å²) in [7, 11) is 3.10. The Balaban J connectivity index is 1.76. The number of benzene rings is 2. The first-order chi connectivity index (χ1) is 15.5. The normalized spacial score (nSPS) is 13.6. The molecule has 1 fully saturated rings. The topological polar surface area (TPSA) is 94.9 Å². The van der Waals surface area contributed by atoms with Crippen molar-refractivity contribution in [1.29, 1.82) is 0 Å². The molecule has 2 heterocycles. The maximum Gasteiger partial charge on any atom is 0.340 e. The van der Waals surface area contributed by atoms with Crippen molar-refractivity contribution in [2.45, 2.75) is 25.4 Å². The van der Waals surface area contributed by atoms with Crippen molar-refractivity contribution in [2.24, 2.45) is 0 Å². The molecule has 5 rings (SSSR count). The molecule has 164 valence electrons. The maximum absolute atomic E-state index is 13.4. The van der Waals surface area contributed by atoms with Crippen molar-refractivity contribution in [3.63, 3.8) is 0 Å². The van der Waals surface area contributed by atoms with E-state index in [4.69, 9.17) is 18.4 Å². The molecule has 0 saturated heterocycles. The van der Waals surface area contributed by atoms with Crippen LogP contribution in [0.25, 0.3) is 33.4 Å². The van der Waals surface area contributed by atoms with Crippen molar-refractivity contribution in [2.75, 3.05) is 14.2 Å². The van der Waals surface area contributed by atoms with E-state index < -0.39 is 11.8 Å². The number of fused-ring (bicyclic) bond motifs is 1. The fraction of sp³-hybridized carbons (Fsp3) is 0.250. The number of furan rings is 1. The molecule has 8 heteroatoms. The lowest BCUT2D eigenvalue weighted by Crippen LogP contribution is -1.98. The van der Waals surface area contributed by atoms with Crippen molar-refractivity contribution in [3.05, 3.63) is 59.2 Å². The van der Waals surface area contributed by atoms with E-state index in [0.717, 1.165) is 24.2 Å². The average Bonchev–Trinajstić information content (AvgIpc) is 3.43. The quantitative estimate of drug-likeness (QED) is 0.401. The van der Waals surface area contributed by atoms with Gasteiger partial charge in [-0.15, -0.1) is 0 Å². The summed E-state index contributed by atoms with van der Waals surface area (Å²) in [6.07, 6.45) is 2.02. The SMILES string of the molecule is COCc1noc(C2CC2)c1-c1cc2oc(-c3ccc(F)cc3)c(C(=O)O)c2cc1OC. The van der Waals surface area contributed by atoms with Crippen LogP contribution < -0.4 is 4.74 Å². The molecule has 32 heavy (non-hydrogen) atoms. The van der Waals surface area contributed by atoms with Gasteiger partial charge >= 0.3 is 5.97 Å². The van der Waals surface area contributed by atoms with E-state index in [0.29, 0.717) is 33.5 Å². The predicted molar refractivity (Wildman–Crippen MR) is 113 cm³/mol. The number of nitrogens with zero attached hydrogens (tertiary/aromatic N) is 1. The minimum atomic E-state index is -1.15. The number of carbonyl (C=O) groups is 1. The molecule has 0 unspecified atom stereocenters. The molecule has 7 nitrogen and oxygen atoms in total. The third kappa shape index (κ3) is 3.33. The predicted octanol–water partition coefficient (Wildman–Crippen LogP) is 5.62. The lowest BCUT2D eigenvalue weighted by molar-refractivity contribution is 0.0699. The number of hydrogen-bond donors (Lipinski definition) is 1. The molecule has 1 saturated carbocycles. The van der Waals surface area contributed by atoms with Crippen LogP contribution in [0.5, 0.6) is 5.75 Å². The number of halogens is 1. The van der Waals surface area contributed by atoms with Crippen LogP contribution >= 0.6 is 0 Å². The van der Waals surface area contributed by atoms with Gasteiger partial charge in [0.2, 0.25) is 0 Å². The second kappa shape index (κ2) is 7.80. The first kappa shape index (κ1) is 20.3. The molecule has 1 N–H and O–H groups in total. The molecular formula is C24H20FNO6. The van der Waals surface area contributed by atoms with Crippen molar-refractivity contribution in [1.82, 2.24) is 5.16 Å². The van der Waals surface area contributed by atoms with Gasteiger partial charge in [-0.25, -0.2) is 9.18 Å². The Morgan fingerprint density at radius 3 is 2.59 bits per heavy atom. The van der Waals surface area contributed by atoms with Crippen LogP contribution in [-0.2, 0) is 11.3 Å². The number of methoxy groups -OCH3 is 2. The number of aromatic nitrogens is 1. The Labute approximate surface area is 182 Å². The summed E-state index contributed by atoms with van der Waals surface area (Å²) in [6.45, 7) is 0.256. The van der Waals surface area contributed by atoms with E-state index in [1.165, 1.54) is 31.4 Å². The van der Waals surface area contributed by atoms with Crippen molar-refractivity contribution < 1.29 is 32.7 Å². The van der Waals surface area contributed by atoms with Crippen LogP contribution in [0.4, 0.5) is 4.39 Å². The fourth-order valence-electron chi connectivity index (χ4n) is 3.99. The number of carboxylic acids is 1. The second-order valence-corrected chi connectivity index (χ2v) is 7.74. The number of ether oxygens (including phenoxy) is 2. The van der Waals surface area contributed by atoms with E-state index in [2.05, 4.69) is 5.16 Å². The lowest BCUT2D eigenvalue weighted by atomic mass is 9.97. The summed E-state index contributed by atoms with van der Waals surface area (Å²) in [6, 6.07) is 8.88. The minimum absolute atomic E-state index is 0.0127. The highest BCUT2D eigenvalue weighted by Crippen LogP contribution is 2.49. The van der Waals surface area contributed by atoms with Gasteiger partial charge in [-0.1, -0.05) is 5.16 Å². The van der Waals surface area contributed by atoms with E-state index in [1.807, 2.05) is 0 Å². The standard InChI is InChI=1S/C24H20FNO6/c1-29-11-17-20(23(32-26-17)13-3-4-13)15-10-19-16(9-18(15)30-2)21(24(27)28)22(31-19)12-5-7-14(25)8-6-12/h5-10,13H,3-4,11H2,1-2H3,(H,27,28). The van der Waals surface area contributed by atoms with E-state index in [9.17, 15) is 14.3 Å². The van der Waals surface area contributed by atoms with Gasteiger partial charge in [0.1, 0.15) is 39.9 Å². The van der Waals surface area contributed by atoms with Crippen LogP contribution in [0.2, 0.25) is 0 Å². The number of hydrogen-bond acceptors (Lipinski definition) is 6. The van der Waals surface area contributed by atoms with Crippen LogP contribution in [0.15, 0.2) is 45.3 Å². The summed E-state index contributed by atoms with van der Waals surface area (Å²) in [5.74, 6) is 0.0893. The molecule has 4 aromatic rings. The highest BCUT2D eigenvalue weighted by molar-refractivity contribution is 6.09. The van der Waals surface area contributed by atoms with E-state index in [1.54, 1.807) is 19.2 Å². The van der Waals surface area contributed by atoms with Crippen LogP contribution in [0, 0.1) is 5.82 Å². The minimum Gasteiger partial charge on any atom is -0.496 e. The molecule has 0 spiro atoms. The molecule has 2 aromatic heterocycles. The number of aromatic carboxylic acids is 1. The molecule has 0 atom stereocenters. The molecule has 0 bridgehead atoms. The smallest absolute Gasteiger partial charge is 0.340 e. The highest BCUT2D eigenvalue weighted by atomic mass is 19.1. The Morgan fingerprint density at radius 2 is 1.97 bits per heavy atom. The van der Waals surface area contributed by atoms with Crippen LogP contribution in [0.1, 0.15) is 40.6 Å². The largest absolute Gasteiger partial charge is 0.496 e. The Bertz CT molecular complexity index is 1320. The zero-order valence-corrected chi connectivity index (χ0v) is 17.5. The van der Waals surface area contributed by atoms with Crippen molar-refractivity contribution in [3.8, 4) is 28.2 Å². The van der Waals surface area contributed by atoms with E-state index >= 15 is 0 Å². The molecule has 1 aliphatic rings. The molecule has 1 aliphatic carbocycles. The number of carboxylic acid groups (broad SMARTS) is 1. The number of rotatable bonds is 7. The van der Waals surface area contributed by atoms with Gasteiger partial charge in [-0.2, -0.15) is 0 Å². The average molecular weight is 437 g/mol. The Kier molecular flexibility index (Phi) is 4.94.